The van der Waals surface area contributed by atoms with E-state index in [1.807, 2.05) is 11.5 Å². The molecule has 0 radical (unpaired) electrons. The standard InChI is InChI=1S/C12H13N3O2S/c1-17-11-6-9(2-3-14-11)7-15-12(16)10-8-18-5-4-13-10/h2-6H,7-8H2,1H3,(H,15,16). The van der Waals surface area contributed by atoms with Crippen molar-refractivity contribution in [2.75, 3.05) is 12.9 Å². The number of aromatic nitrogens is 1. The highest BCUT2D eigenvalue weighted by molar-refractivity contribution is 8.02. The molecule has 1 aromatic rings. The Balaban J connectivity index is 1.92. The SMILES string of the molecule is COc1cc(CNC(=O)C2=NC=CSC2)ccn1. The number of hydrogen-bond donors (Lipinski definition) is 1. The molecule has 2 heterocycles. The molecule has 5 nitrogen and oxygen atoms in total. The largest absolute Gasteiger partial charge is 0.481 e. The van der Waals surface area contributed by atoms with E-state index in [4.69, 9.17) is 4.74 Å². The molecule has 1 aliphatic heterocycles. The Morgan fingerprint density at radius 1 is 1.61 bits per heavy atom. The van der Waals surface area contributed by atoms with Gasteiger partial charge in [-0.25, -0.2) is 4.98 Å². The number of aliphatic imine (C=N–C) groups is 1. The second-order valence-electron chi connectivity index (χ2n) is 3.56. The first-order valence-electron chi connectivity index (χ1n) is 5.40. The molecule has 1 amide bonds. The number of nitrogens with one attached hydrogen (secondary N) is 1. The molecule has 0 aliphatic carbocycles. The lowest BCUT2D eigenvalue weighted by Gasteiger charge is -2.09. The van der Waals surface area contributed by atoms with Crippen LogP contribution >= 0.6 is 11.8 Å². The zero-order valence-corrected chi connectivity index (χ0v) is 10.7. The number of rotatable bonds is 4. The van der Waals surface area contributed by atoms with Crippen LogP contribution in [-0.4, -0.2) is 29.5 Å². The van der Waals surface area contributed by atoms with Crippen LogP contribution in [0.15, 0.2) is 34.9 Å². The molecule has 0 spiro atoms. The minimum absolute atomic E-state index is 0.136. The van der Waals surface area contributed by atoms with E-state index in [1.165, 1.54) is 0 Å². The Bertz CT molecular complexity index is 500. The van der Waals surface area contributed by atoms with E-state index in [-0.39, 0.29) is 5.91 Å². The van der Waals surface area contributed by atoms with Crippen molar-refractivity contribution in [3.8, 4) is 5.88 Å². The fraction of sp³-hybridized carbons (Fsp3) is 0.250. The summed E-state index contributed by atoms with van der Waals surface area (Å²) in [7, 11) is 1.56. The van der Waals surface area contributed by atoms with E-state index >= 15 is 0 Å². The van der Waals surface area contributed by atoms with Crippen molar-refractivity contribution in [1.29, 1.82) is 0 Å². The molecule has 1 aliphatic rings. The normalized spacial score (nSPS) is 13.9. The summed E-state index contributed by atoms with van der Waals surface area (Å²) in [6, 6.07) is 3.62. The van der Waals surface area contributed by atoms with Crippen LogP contribution in [0, 0.1) is 0 Å². The van der Waals surface area contributed by atoms with E-state index in [1.54, 1.807) is 37.3 Å². The van der Waals surface area contributed by atoms with E-state index in [0.717, 1.165) is 5.56 Å². The van der Waals surface area contributed by atoms with Crippen LogP contribution in [-0.2, 0) is 11.3 Å². The zero-order chi connectivity index (χ0) is 12.8. The van der Waals surface area contributed by atoms with Crippen LogP contribution in [0.4, 0.5) is 0 Å². The number of methoxy groups -OCH3 is 1. The molecular weight excluding hydrogens is 250 g/mol. The van der Waals surface area contributed by atoms with Crippen molar-refractivity contribution in [2.24, 2.45) is 4.99 Å². The van der Waals surface area contributed by atoms with Gasteiger partial charge in [-0.3, -0.25) is 9.79 Å². The first kappa shape index (κ1) is 12.6. The smallest absolute Gasteiger partial charge is 0.266 e. The molecule has 18 heavy (non-hydrogen) atoms. The van der Waals surface area contributed by atoms with E-state index in [2.05, 4.69) is 15.3 Å². The number of amides is 1. The lowest BCUT2D eigenvalue weighted by Crippen LogP contribution is -2.32. The third-order valence-electron chi connectivity index (χ3n) is 2.33. The summed E-state index contributed by atoms with van der Waals surface area (Å²) in [5.41, 5.74) is 1.48. The Morgan fingerprint density at radius 2 is 2.50 bits per heavy atom. The van der Waals surface area contributed by atoms with Gasteiger partial charge in [0.05, 0.1) is 7.11 Å². The van der Waals surface area contributed by atoms with Crippen LogP contribution < -0.4 is 10.1 Å². The van der Waals surface area contributed by atoms with E-state index in [9.17, 15) is 4.79 Å². The van der Waals surface area contributed by atoms with Crippen molar-refractivity contribution in [3.05, 3.63) is 35.5 Å². The minimum Gasteiger partial charge on any atom is -0.481 e. The third kappa shape index (κ3) is 3.33. The lowest BCUT2D eigenvalue weighted by molar-refractivity contribution is -0.115. The summed E-state index contributed by atoms with van der Waals surface area (Å²) in [6.07, 6.45) is 3.29. The van der Waals surface area contributed by atoms with Crippen molar-refractivity contribution < 1.29 is 9.53 Å². The first-order chi connectivity index (χ1) is 8.79. The molecule has 0 unspecified atom stereocenters. The van der Waals surface area contributed by atoms with E-state index < -0.39 is 0 Å². The maximum Gasteiger partial charge on any atom is 0.266 e. The van der Waals surface area contributed by atoms with Crippen LogP contribution in [0.25, 0.3) is 0 Å². The minimum atomic E-state index is -0.136. The summed E-state index contributed by atoms with van der Waals surface area (Å²) in [6.45, 7) is 0.436. The predicted molar refractivity (Wildman–Crippen MR) is 71.7 cm³/mol. The average molecular weight is 263 g/mol. The van der Waals surface area contributed by atoms with Crippen molar-refractivity contribution >= 4 is 23.4 Å². The van der Waals surface area contributed by atoms with Gasteiger partial charge in [0.1, 0.15) is 5.71 Å². The number of pyridine rings is 1. The van der Waals surface area contributed by atoms with Gasteiger partial charge < -0.3 is 10.1 Å². The van der Waals surface area contributed by atoms with Gasteiger partial charge in [0.2, 0.25) is 5.88 Å². The van der Waals surface area contributed by atoms with Gasteiger partial charge in [-0.1, -0.05) is 0 Å². The Morgan fingerprint density at radius 3 is 3.22 bits per heavy atom. The van der Waals surface area contributed by atoms with Gasteiger partial charge in [0.15, 0.2) is 0 Å². The molecule has 2 rings (SSSR count). The summed E-state index contributed by atoms with van der Waals surface area (Å²) in [5, 5.41) is 4.69. The Labute approximate surface area is 109 Å². The average Bonchev–Trinajstić information content (AvgIpc) is 2.46. The predicted octanol–water partition coefficient (Wildman–Crippen LogP) is 1.37. The van der Waals surface area contributed by atoms with E-state index in [0.29, 0.717) is 23.9 Å². The summed E-state index contributed by atoms with van der Waals surface area (Å²) >= 11 is 1.56. The molecule has 0 fully saturated rings. The Hall–Kier alpha value is -1.82. The van der Waals surface area contributed by atoms with Crippen LogP contribution in [0.5, 0.6) is 5.88 Å². The maximum absolute atomic E-state index is 11.8. The van der Waals surface area contributed by atoms with Crippen LogP contribution in [0.1, 0.15) is 5.56 Å². The Kier molecular flexibility index (Phi) is 4.35. The highest BCUT2D eigenvalue weighted by Crippen LogP contribution is 2.10. The molecule has 1 N–H and O–H groups in total. The number of thioether (sulfide) groups is 1. The van der Waals surface area contributed by atoms with Crippen molar-refractivity contribution in [2.45, 2.75) is 6.54 Å². The number of ether oxygens (including phenoxy) is 1. The van der Waals surface area contributed by atoms with Crippen molar-refractivity contribution in [1.82, 2.24) is 10.3 Å². The summed E-state index contributed by atoms with van der Waals surface area (Å²) in [4.78, 5) is 19.8. The highest BCUT2D eigenvalue weighted by atomic mass is 32.2. The van der Waals surface area contributed by atoms with Gasteiger partial charge >= 0.3 is 0 Å². The highest BCUT2D eigenvalue weighted by Gasteiger charge is 2.12. The number of nitrogens with zero attached hydrogens (tertiary/aromatic N) is 2. The van der Waals surface area contributed by atoms with Crippen LogP contribution in [0.2, 0.25) is 0 Å². The fourth-order valence-corrected chi connectivity index (χ4v) is 2.01. The third-order valence-corrected chi connectivity index (χ3v) is 3.09. The second-order valence-corrected chi connectivity index (χ2v) is 4.46. The van der Waals surface area contributed by atoms with Gasteiger partial charge in [-0.05, 0) is 17.0 Å². The maximum atomic E-state index is 11.8. The van der Waals surface area contributed by atoms with Gasteiger partial charge in [0, 0.05) is 30.8 Å². The number of hydrogen-bond acceptors (Lipinski definition) is 5. The number of carbonyl (C=O) groups is 1. The second kappa shape index (κ2) is 6.20. The molecule has 94 valence electrons. The van der Waals surface area contributed by atoms with Gasteiger partial charge in [0.25, 0.3) is 5.91 Å². The number of carbonyl (C=O) groups excluding carboxylic acids is 1. The zero-order valence-electron chi connectivity index (χ0n) is 9.92. The van der Waals surface area contributed by atoms with Gasteiger partial charge in [-0.15, -0.1) is 11.8 Å². The monoisotopic (exact) mass is 263 g/mol. The van der Waals surface area contributed by atoms with Gasteiger partial charge in [-0.2, -0.15) is 0 Å². The molecule has 0 saturated heterocycles. The molecule has 6 heteroatoms. The molecule has 0 saturated carbocycles. The summed E-state index contributed by atoms with van der Waals surface area (Å²) < 4.78 is 5.02. The van der Waals surface area contributed by atoms with Crippen LogP contribution in [0.3, 0.4) is 0 Å². The lowest BCUT2D eigenvalue weighted by atomic mass is 10.2. The molecule has 1 aromatic heterocycles. The molecule has 0 aromatic carbocycles. The molecule has 0 bridgehead atoms. The summed E-state index contributed by atoms with van der Waals surface area (Å²) in [5.74, 6) is 1.01. The molecular formula is C12H13N3O2S. The first-order valence-corrected chi connectivity index (χ1v) is 6.45. The quantitative estimate of drug-likeness (QED) is 0.891. The topological polar surface area (TPSA) is 63.6 Å². The van der Waals surface area contributed by atoms with Crippen molar-refractivity contribution in [3.63, 3.8) is 0 Å². The molecule has 0 atom stereocenters. The fourth-order valence-electron chi connectivity index (χ4n) is 1.41.